The fraction of sp³-hybridized carbons (Fsp3) is 0.391. The van der Waals surface area contributed by atoms with Crippen molar-refractivity contribution in [1.82, 2.24) is 13.4 Å². The Balaban J connectivity index is 1.81. The number of fused-ring (bicyclic) bond motifs is 1. The highest BCUT2D eigenvalue weighted by Gasteiger charge is 2.23. The van der Waals surface area contributed by atoms with E-state index in [2.05, 4.69) is 5.32 Å². The Morgan fingerprint density at radius 1 is 1.03 bits per heavy atom. The Bertz CT molecular complexity index is 1310. The Hall–Kier alpha value is -3.11. The second kappa shape index (κ2) is 10.2. The van der Waals surface area contributed by atoms with E-state index in [1.165, 1.54) is 26.2 Å². The van der Waals surface area contributed by atoms with Crippen LogP contribution in [0.5, 0.6) is 5.75 Å². The predicted octanol–water partition coefficient (Wildman–Crippen LogP) is 2.89. The molecule has 3 aromatic rings. The van der Waals surface area contributed by atoms with Crippen molar-refractivity contribution in [3.63, 3.8) is 0 Å². The second-order valence-electron chi connectivity index (χ2n) is 7.75. The molecule has 1 amide bonds. The third-order valence-corrected chi connectivity index (χ3v) is 7.06. The van der Waals surface area contributed by atoms with Crippen molar-refractivity contribution in [2.75, 3.05) is 26.0 Å². The van der Waals surface area contributed by atoms with Gasteiger partial charge in [-0.1, -0.05) is 19.1 Å². The van der Waals surface area contributed by atoms with E-state index in [1.54, 1.807) is 22.1 Å². The van der Waals surface area contributed by atoms with Crippen LogP contribution >= 0.6 is 0 Å². The van der Waals surface area contributed by atoms with Crippen LogP contribution in [-0.2, 0) is 27.9 Å². The smallest absolute Gasteiger partial charge is 0.329 e. The molecule has 0 unspecified atom stereocenters. The third-order valence-electron chi connectivity index (χ3n) is 5.22. The van der Waals surface area contributed by atoms with E-state index in [0.29, 0.717) is 18.8 Å². The number of nitrogens with one attached hydrogen (secondary N) is 1. The van der Waals surface area contributed by atoms with Gasteiger partial charge in [-0.15, -0.1) is 0 Å². The van der Waals surface area contributed by atoms with E-state index in [4.69, 9.17) is 4.74 Å². The van der Waals surface area contributed by atoms with Crippen molar-refractivity contribution in [3.8, 4) is 5.75 Å². The molecule has 0 fully saturated rings. The lowest BCUT2D eigenvalue weighted by Gasteiger charge is -2.16. The van der Waals surface area contributed by atoms with Crippen LogP contribution in [0.25, 0.3) is 11.0 Å². The normalized spacial score (nSPS) is 11.8. The summed E-state index contributed by atoms with van der Waals surface area (Å²) < 4.78 is 35.2. The number of hydrogen-bond acceptors (Lipinski definition) is 5. The second-order valence-corrected chi connectivity index (χ2v) is 9.87. The number of amides is 1. The molecule has 0 aliphatic rings. The summed E-state index contributed by atoms with van der Waals surface area (Å²) in [6.45, 7) is 4.90. The molecule has 0 aliphatic heterocycles. The SMILES string of the molecule is CCCn1c(=O)n(CCC(=O)Nc2ccc(OCC)c(S(=O)(=O)N(C)C)c2)c2ccccc21. The molecule has 3 rings (SSSR count). The van der Waals surface area contributed by atoms with Crippen molar-refractivity contribution < 1.29 is 17.9 Å². The number of sulfonamides is 1. The standard InChI is InChI=1S/C23H30N4O5S/c1-5-14-26-18-9-7-8-10-19(18)27(23(26)29)15-13-22(28)24-17-11-12-20(32-6-2)21(16-17)33(30,31)25(3)4/h7-12,16H,5-6,13-15H2,1-4H3,(H,24,28). The summed E-state index contributed by atoms with van der Waals surface area (Å²) in [7, 11) is -0.900. The molecule has 9 nitrogen and oxygen atoms in total. The van der Waals surface area contributed by atoms with Crippen LogP contribution in [0.4, 0.5) is 5.69 Å². The average molecular weight is 475 g/mol. The number of carbonyl (C=O) groups excluding carboxylic acids is 1. The summed E-state index contributed by atoms with van der Waals surface area (Å²) in [4.78, 5) is 25.5. The van der Waals surface area contributed by atoms with Gasteiger partial charge in [0.15, 0.2) is 0 Å². The minimum Gasteiger partial charge on any atom is -0.492 e. The highest BCUT2D eigenvalue weighted by molar-refractivity contribution is 7.89. The van der Waals surface area contributed by atoms with Crippen LogP contribution in [0.1, 0.15) is 26.7 Å². The fourth-order valence-electron chi connectivity index (χ4n) is 3.62. The molecular formula is C23H30N4O5S. The van der Waals surface area contributed by atoms with Gasteiger partial charge in [-0.05, 0) is 43.7 Å². The lowest BCUT2D eigenvalue weighted by Crippen LogP contribution is -2.26. The maximum Gasteiger partial charge on any atom is 0.329 e. The van der Waals surface area contributed by atoms with Crippen molar-refractivity contribution in [2.45, 2.75) is 44.7 Å². The van der Waals surface area contributed by atoms with E-state index in [-0.39, 0.29) is 35.2 Å². The van der Waals surface area contributed by atoms with Crippen molar-refractivity contribution >= 4 is 32.7 Å². The number of ether oxygens (including phenoxy) is 1. The van der Waals surface area contributed by atoms with E-state index >= 15 is 0 Å². The van der Waals surface area contributed by atoms with Crippen LogP contribution in [0.3, 0.4) is 0 Å². The first-order chi connectivity index (χ1) is 15.7. The molecule has 1 aromatic heterocycles. The maximum absolute atomic E-state index is 12.9. The van der Waals surface area contributed by atoms with E-state index in [0.717, 1.165) is 21.8 Å². The molecule has 0 saturated carbocycles. The first-order valence-electron chi connectivity index (χ1n) is 10.9. The molecule has 0 bridgehead atoms. The summed E-state index contributed by atoms with van der Waals surface area (Å²) in [6.07, 6.45) is 0.882. The molecule has 178 valence electrons. The molecule has 33 heavy (non-hydrogen) atoms. The molecule has 1 heterocycles. The van der Waals surface area contributed by atoms with Crippen LogP contribution in [0.15, 0.2) is 52.2 Å². The van der Waals surface area contributed by atoms with Gasteiger partial charge in [-0.25, -0.2) is 17.5 Å². The number of carbonyl (C=O) groups is 1. The van der Waals surface area contributed by atoms with Gasteiger partial charge in [0, 0.05) is 39.3 Å². The Morgan fingerprint density at radius 3 is 2.24 bits per heavy atom. The summed E-state index contributed by atoms with van der Waals surface area (Å²) in [6, 6.07) is 12.0. The van der Waals surface area contributed by atoms with Gasteiger partial charge in [0.25, 0.3) is 0 Å². The molecule has 0 saturated heterocycles. The molecule has 0 aliphatic carbocycles. The topological polar surface area (TPSA) is 103 Å². The maximum atomic E-state index is 12.9. The monoisotopic (exact) mass is 474 g/mol. The summed E-state index contributed by atoms with van der Waals surface area (Å²) in [5, 5.41) is 2.73. The number of para-hydroxylation sites is 2. The number of imidazole rings is 1. The number of aryl methyl sites for hydroxylation is 2. The number of aromatic nitrogens is 2. The van der Waals surface area contributed by atoms with Gasteiger partial charge >= 0.3 is 5.69 Å². The van der Waals surface area contributed by atoms with Gasteiger partial charge in [-0.2, -0.15) is 0 Å². The number of rotatable bonds is 10. The minimum absolute atomic E-state index is 0.0222. The van der Waals surface area contributed by atoms with Gasteiger partial charge < -0.3 is 10.1 Å². The zero-order valence-electron chi connectivity index (χ0n) is 19.4. The third kappa shape index (κ3) is 5.12. The van der Waals surface area contributed by atoms with Crippen LogP contribution < -0.4 is 15.7 Å². The molecule has 2 aromatic carbocycles. The average Bonchev–Trinajstić information content (AvgIpc) is 3.04. The zero-order chi connectivity index (χ0) is 24.2. The Labute approximate surface area is 193 Å². The molecule has 0 atom stereocenters. The molecular weight excluding hydrogens is 444 g/mol. The van der Waals surface area contributed by atoms with Crippen molar-refractivity contribution in [1.29, 1.82) is 0 Å². The molecule has 1 N–H and O–H groups in total. The van der Waals surface area contributed by atoms with Crippen molar-refractivity contribution in [3.05, 3.63) is 52.9 Å². The van der Waals surface area contributed by atoms with Gasteiger partial charge in [0.1, 0.15) is 10.6 Å². The first kappa shape index (κ1) is 24.5. The number of benzene rings is 2. The molecule has 10 heteroatoms. The predicted molar refractivity (Wildman–Crippen MR) is 128 cm³/mol. The number of nitrogens with zero attached hydrogens (tertiary/aromatic N) is 3. The number of hydrogen-bond donors (Lipinski definition) is 1. The Morgan fingerprint density at radius 2 is 1.67 bits per heavy atom. The lowest BCUT2D eigenvalue weighted by atomic mass is 10.2. The van der Waals surface area contributed by atoms with Gasteiger partial charge in [0.2, 0.25) is 15.9 Å². The highest BCUT2D eigenvalue weighted by Crippen LogP contribution is 2.29. The van der Waals surface area contributed by atoms with Crippen molar-refractivity contribution in [2.24, 2.45) is 0 Å². The van der Waals surface area contributed by atoms with E-state index in [9.17, 15) is 18.0 Å². The fourth-order valence-corrected chi connectivity index (χ4v) is 4.67. The highest BCUT2D eigenvalue weighted by atomic mass is 32.2. The van der Waals surface area contributed by atoms with Gasteiger partial charge in [-0.3, -0.25) is 13.9 Å². The summed E-state index contributed by atoms with van der Waals surface area (Å²) >= 11 is 0. The first-order valence-corrected chi connectivity index (χ1v) is 12.3. The zero-order valence-corrected chi connectivity index (χ0v) is 20.2. The largest absolute Gasteiger partial charge is 0.492 e. The quantitative estimate of drug-likeness (QED) is 0.487. The Kier molecular flexibility index (Phi) is 7.60. The van der Waals surface area contributed by atoms with E-state index < -0.39 is 10.0 Å². The molecule has 0 spiro atoms. The lowest BCUT2D eigenvalue weighted by molar-refractivity contribution is -0.116. The van der Waals surface area contributed by atoms with Crippen LogP contribution in [0.2, 0.25) is 0 Å². The van der Waals surface area contributed by atoms with E-state index in [1.807, 2.05) is 31.2 Å². The van der Waals surface area contributed by atoms with Crippen LogP contribution in [-0.4, -0.2) is 48.5 Å². The molecule has 0 radical (unpaired) electrons. The van der Waals surface area contributed by atoms with Gasteiger partial charge in [0.05, 0.1) is 17.6 Å². The summed E-state index contributed by atoms with van der Waals surface area (Å²) in [5.41, 5.74) is 1.81. The van der Waals surface area contributed by atoms with Crippen LogP contribution in [0, 0.1) is 0 Å². The minimum atomic E-state index is -3.77. The summed E-state index contributed by atoms with van der Waals surface area (Å²) in [5.74, 6) is -0.105. The number of anilines is 1.